The molecule has 0 spiro atoms. The van der Waals surface area contributed by atoms with Gasteiger partial charge >= 0.3 is 58.4 Å². The molecule has 0 aromatic rings. The standard InChI is InChI=1S/C9H20BF3N.K/c1-4-5-6-7-14(9(2)3)8-10(11,12)13;/h9H,4-8H2,1-3H3;/q-1;+1. The molecular formula is C9H20BF3KN. The molecule has 0 N–H and O–H groups in total. The van der Waals surface area contributed by atoms with Crippen molar-refractivity contribution in [2.75, 3.05) is 13.0 Å². The van der Waals surface area contributed by atoms with E-state index in [1.807, 2.05) is 20.8 Å². The summed E-state index contributed by atoms with van der Waals surface area (Å²) in [6, 6.07) is -0.0182. The smallest absolute Gasteiger partial charge is 0.448 e. The van der Waals surface area contributed by atoms with Crippen LogP contribution in [0.25, 0.3) is 0 Å². The molecule has 0 aromatic heterocycles. The van der Waals surface area contributed by atoms with Crippen molar-refractivity contribution in [1.29, 1.82) is 0 Å². The van der Waals surface area contributed by atoms with E-state index in [1.54, 1.807) is 0 Å². The van der Waals surface area contributed by atoms with Gasteiger partial charge in [0, 0.05) is 6.04 Å². The van der Waals surface area contributed by atoms with Crippen LogP contribution in [0.15, 0.2) is 0 Å². The summed E-state index contributed by atoms with van der Waals surface area (Å²) in [6.45, 7) is 1.56. The summed E-state index contributed by atoms with van der Waals surface area (Å²) in [5.74, 6) is 0. The van der Waals surface area contributed by atoms with Gasteiger partial charge in [0.1, 0.15) is 0 Å². The SMILES string of the molecule is CCCCCN(C[B-](F)(F)F)C(C)C.[K+]. The van der Waals surface area contributed by atoms with Crippen molar-refractivity contribution in [2.24, 2.45) is 0 Å². The molecule has 0 aliphatic carbocycles. The van der Waals surface area contributed by atoms with Gasteiger partial charge in [-0.25, -0.2) is 0 Å². The predicted octanol–water partition coefficient (Wildman–Crippen LogP) is 0.278. The van der Waals surface area contributed by atoms with Gasteiger partial charge in [-0.2, -0.15) is 0 Å². The average molecular weight is 249 g/mol. The number of halogens is 3. The van der Waals surface area contributed by atoms with Crippen molar-refractivity contribution in [3.63, 3.8) is 0 Å². The largest absolute Gasteiger partial charge is 1.00 e. The van der Waals surface area contributed by atoms with Gasteiger partial charge in [0.15, 0.2) is 0 Å². The Hall–Kier alpha value is 1.45. The van der Waals surface area contributed by atoms with E-state index in [0.29, 0.717) is 6.54 Å². The van der Waals surface area contributed by atoms with Crippen molar-refractivity contribution in [3.8, 4) is 0 Å². The fourth-order valence-electron chi connectivity index (χ4n) is 1.39. The molecule has 0 heterocycles. The fraction of sp³-hybridized carbons (Fsp3) is 1.00. The summed E-state index contributed by atoms with van der Waals surface area (Å²) < 4.78 is 36.6. The van der Waals surface area contributed by atoms with Gasteiger partial charge in [-0.15, -0.1) is 0 Å². The number of unbranched alkanes of at least 4 members (excludes halogenated alkanes) is 2. The van der Waals surface area contributed by atoms with Crippen LogP contribution in [-0.2, 0) is 0 Å². The van der Waals surface area contributed by atoms with Crippen LogP contribution in [0.2, 0.25) is 0 Å². The second-order valence-electron chi connectivity index (χ2n) is 4.01. The second kappa shape index (κ2) is 9.48. The first kappa shape index (κ1) is 18.8. The summed E-state index contributed by atoms with van der Waals surface area (Å²) in [6.07, 6.45) is 2.19. The zero-order valence-electron chi connectivity index (χ0n) is 10.3. The number of nitrogens with zero attached hydrogens (tertiary/aromatic N) is 1. The van der Waals surface area contributed by atoms with E-state index in [2.05, 4.69) is 0 Å². The van der Waals surface area contributed by atoms with E-state index < -0.39 is 13.4 Å². The molecule has 0 aliphatic rings. The van der Waals surface area contributed by atoms with Gasteiger partial charge in [-0.05, 0) is 33.3 Å². The van der Waals surface area contributed by atoms with Crippen LogP contribution in [0.5, 0.6) is 0 Å². The minimum atomic E-state index is -4.68. The van der Waals surface area contributed by atoms with E-state index in [0.717, 1.165) is 19.3 Å². The van der Waals surface area contributed by atoms with Crippen LogP contribution in [0, 0.1) is 0 Å². The van der Waals surface area contributed by atoms with Crippen LogP contribution in [-0.4, -0.2) is 30.9 Å². The molecule has 0 amide bonds. The third kappa shape index (κ3) is 11.7. The summed E-state index contributed by atoms with van der Waals surface area (Å²) in [7, 11) is 0. The minimum Gasteiger partial charge on any atom is -0.448 e. The van der Waals surface area contributed by atoms with E-state index in [-0.39, 0.29) is 57.4 Å². The Balaban J connectivity index is 0. The zero-order valence-corrected chi connectivity index (χ0v) is 13.4. The molecule has 0 fully saturated rings. The van der Waals surface area contributed by atoms with E-state index >= 15 is 0 Å². The van der Waals surface area contributed by atoms with Gasteiger partial charge < -0.3 is 17.8 Å². The van der Waals surface area contributed by atoms with Crippen LogP contribution >= 0.6 is 0 Å². The van der Waals surface area contributed by atoms with Crippen LogP contribution < -0.4 is 51.4 Å². The number of hydrogen-bond acceptors (Lipinski definition) is 1. The van der Waals surface area contributed by atoms with E-state index in [1.165, 1.54) is 4.90 Å². The Labute approximate surface area is 134 Å². The molecule has 0 bridgehead atoms. The Bertz CT molecular complexity index is 153. The van der Waals surface area contributed by atoms with E-state index in [4.69, 9.17) is 0 Å². The van der Waals surface area contributed by atoms with E-state index in [9.17, 15) is 12.9 Å². The molecular weight excluding hydrogens is 229 g/mol. The molecule has 0 radical (unpaired) electrons. The van der Waals surface area contributed by atoms with Crippen LogP contribution in [0.3, 0.4) is 0 Å². The molecule has 0 saturated carbocycles. The predicted molar refractivity (Wildman–Crippen MR) is 55.3 cm³/mol. The number of rotatable bonds is 7. The molecule has 0 aliphatic heterocycles. The maximum Gasteiger partial charge on any atom is 1.00 e. The minimum absolute atomic E-state index is 0. The van der Waals surface area contributed by atoms with Crippen molar-refractivity contribution in [3.05, 3.63) is 0 Å². The molecule has 0 aromatic carbocycles. The second-order valence-corrected chi connectivity index (χ2v) is 4.01. The molecule has 1 nitrogen and oxygen atoms in total. The summed E-state index contributed by atoms with van der Waals surface area (Å²) >= 11 is 0. The third-order valence-corrected chi connectivity index (χ3v) is 2.22. The Morgan fingerprint density at radius 3 is 2.00 bits per heavy atom. The van der Waals surface area contributed by atoms with Gasteiger partial charge in [0.25, 0.3) is 0 Å². The summed E-state index contributed by atoms with van der Waals surface area (Å²) in [5.41, 5.74) is 0. The maximum atomic E-state index is 12.2. The first-order valence-electron chi connectivity index (χ1n) is 5.32. The van der Waals surface area contributed by atoms with Crippen molar-refractivity contribution in [1.82, 2.24) is 4.90 Å². The molecule has 86 valence electrons. The first-order chi connectivity index (χ1) is 6.37. The van der Waals surface area contributed by atoms with Crippen molar-refractivity contribution >= 4 is 6.98 Å². The molecule has 6 heteroatoms. The quantitative estimate of drug-likeness (QED) is 0.462. The van der Waals surface area contributed by atoms with Crippen molar-refractivity contribution < 1.29 is 64.3 Å². The van der Waals surface area contributed by atoms with Gasteiger partial charge in [-0.1, -0.05) is 19.8 Å². The maximum absolute atomic E-state index is 12.2. The monoisotopic (exact) mass is 249 g/mol. The Kier molecular flexibility index (Phi) is 11.9. The Morgan fingerprint density at radius 2 is 1.67 bits per heavy atom. The molecule has 15 heavy (non-hydrogen) atoms. The molecule has 0 unspecified atom stereocenters. The Morgan fingerprint density at radius 1 is 1.13 bits per heavy atom. The topological polar surface area (TPSA) is 3.24 Å². The average Bonchev–Trinajstić information content (AvgIpc) is 2.00. The van der Waals surface area contributed by atoms with Gasteiger partial charge in [0.05, 0.1) is 0 Å². The van der Waals surface area contributed by atoms with Gasteiger partial charge in [0.2, 0.25) is 0 Å². The molecule has 0 atom stereocenters. The van der Waals surface area contributed by atoms with Crippen molar-refractivity contribution in [2.45, 2.75) is 46.1 Å². The normalized spacial score (nSPS) is 12.0. The number of hydrogen-bond donors (Lipinski definition) is 0. The zero-order chi connectivity index (χ0) is 11.2. The van der Waals surface area contributed by atoms with Gasteiger partial charge in [-0.3, -0.25) is 0 Å². The summed E-state index contributed by atoms with van der Waals surface area (Å²) in [5, 5.41) is 0. The van der Waals surface area contributed by atoms with Crippen LogP contribution in [0.1, 0.15) is 40.0 Å². The third-order valence-electron chi connectivity index (χ3n) is 2.22. The fourth-order valence-corrected chi connectivity index (χ4v) is 1.39. The van der Waals surface area contributed by atoms with Crippen LogP contribution in [0.4, 0.5) is 12.9 Å². The summed E-state index contributed by atoms with van der Waals surface area (Å²) in [4.78, 5) is 1.51. The molecule has 0 saturated heterocycles. The first-order valence-corrected chi connectivity index (χ1v) is 5.32. The molecule has 0 rings (SSSR count).